The van der Waals surface area contributed by atoms with Crippen molar-refractivity contribution in [3.63, 3.8) is 0 Å². The normalized spacial score (nSPS) is 10.5. The van der Waals surface area contributed by atoms with Crippen LogP contribution in [0.5, 0.6) is 5.75 Å². The van der Waals surface area contributed by atoms with Crippen molar-refractivity contribution in [3.8, 4) is 5.75 Å². The highest BCUT2D eigenvalue weighted by atomic mass is 16.6. The first-order chi connectivity index (χ1) is 11.3. The highest BCUT2D eigenvalue weighted by molar-refractivity contribution is 5.73. The van der Waals surface area contributed by atoms with Gasteiger partial charge in [-0.1, -0.05) is 24.3 Å². The van der Waals surface area contributed by atoms with Crippen LogP contribution < -0.4 is 4.74 Å². The van der Waals surface area contributed by atoms with Gasteiger partial charge in [-0.3, -0.25) is 25.0 Å². The maximum Gasteiger partial charge on any atom is 0.308 e. The lowest BCUT2D eigenvalue weighted by Gasteiger charge is -2.01. The lowest BCUT2D eigenvalue weighted by molar-refractivity contribution is -0.394. The van der Waals surface area contributed by atoms with Gasteiger partial charge in [0, 0.05) is 19.1 Å². The molecule has 0 aromatic heterocycles. The van der Waals surface area contributed by atoms with E-state index in [9.17, 15) is 25.0 Å². The average Bonchev–Trinajstić information content (AvgIpc) is 2.53. The van der Waals surface area contributed by atoms with Crippen molar-refractivity contribution in [2.24, 2.45) is 0 Å². The predicted octanol–water partition coefficient (Wildman–Crippen LogP) is 3.60. The fraction of sp³-hybridized carbons (Fsp3) is 0.0625. The summed E-state index contributed by atoms with van der Waals surface area (Å²) >= 11 is 0. The number of benzene rings is 2. The molecule has 0 fully saturated rings. The summed E-state index contributed by atoms with van der Waals surface area (Å²) in [6.07, 6.45) is 3.17. The lowest BCUT2D eigenvalue weighted by Crippen LogP contribution is -2.00. The summed E-state index contributed by atoms with van der Waals surface area (Å²) in [4.78, 5) is 31.2. The van der Waals surface area contributed by atoms with E-state index in [4.69, 9.17) is 4.74 Å². The molecular formula is C16H12N2O6. The van der Waals surface area contributed by atoms with Crippen LogP contribution in [0.15, 0.2) is 42.5 Å². The number of non-ortho nitro benzene ring substituents is 2. The zero-order valence-electron chi connectivity index (χ0n) is 12.5. The number of hydrogen-bond donors (Lipinski definition) is 0. The van der Waals surface area contributed by atoms with E-state index in [1.54, 1.807) is 30.3 Å². The van der Waals surface area contributed by atoms with Gasteiger partial charge in [0.2, 0.25) is 0 Å². The molecule has 0 saturated carbocycles. The molecule has 0 unspecified atom stereocenters. The van der Waals surface area contributed by atoms with Gasteiger partial charge in [-0.25, -0.2) is 0 Å². The van der Waals surface area contributed by atoms with Crippen molar-refractivity contribution in [1.82, 2.24) is 0 Å². The van der Waals surface area contributed by atoms with Crippen LogP contribution in [0.4, 0.5) is 11.4 Å². The third-order valence-electron chi connectivity index (χ3n) is 2.96. The zero-order chi connectivity index (χ0) is 17.7. The number of carbonyl (C=O) groups is 1. The second-order valence-electron chi connectivity index (χ2n) is 4.79. The molecule has 8 heteroatoms. The highest BCUT2D eigenvalue weighted by Crippen LogP contribution is 2.24. The van der Waals surface area contributed by atoms with Gasteiger partial charge in [0.25, 0.3) is 11.4 Å². The van der Waals surface area contributed by atoms with Crippen molar-refractivity contribution in [2.45, 2.75) is 6.92 Å². The van der Waals surface area contributed by atoms with Gasteiger partial charge < -0.3 is 4.74 Å². The van der Waals surface area contributed by atoms with Crippen LogP contribution in [0, 0.1) is 20.2 Å². The molecule has 122 valence electrons. The first-order valence-corrected chi connectivity index (χ1v) is 6.75. The zero-order valence-corrected chi connectivity index (χ0v) is 12.5. The van der Waals surface area contributed by atoms with Crippen LogP contribution in [0.25, 0.3) is 12.2 Å². The quantitative estimate of drug-likeness (QED) is 0.272. The number of ether oxygens (including phenoxy) is 1. The van der Waals surface area contributed by atoms with E-state index in [1.165, 1.54) is 25.1 Å². The minimum absolute atomic E-state index is 0.333. The summed E-state index contributed by atoms with van der Waals surface area (Å²) in [6, 6.07) is 9.95. The third-order valence-corrected chi connectivity index (χ3v) is 2.96. The predicted molar refractivity (Wildman–Crippen MR) is 86.4 cm³/mol. The number of hydrogen-bond acceptors (Lipinski definition) is 6. The topological polar surface area (TPSA) is 113 Å². The lowest BCUT2D eigenvalue weighted by atomic mass is 10.1. The highest BCUT2D eigenvalue weighted by Gasteiger charge is 2.15. The number of rotatable bonds is 5. The molecule has 0 bridgehead atoms. The van der Waals surface area contributed by atoms with E-state index in [2.05, 4.69) is 0 Å². The Morgan fingerprint density at radius 1 is 0.917 bits per heavy atom. The van der Waals surface area contributed by atoms with Crippen LogP contribution in [0.1, 0.15) is 18.1 Å². The molecule has 0 radical (unpaired) electrons. The summed E-state index contributed by atoms with van der Waals surface area (Å²) in [6.45, 7) is 1.29. The molecule has 0 amide bonds. The summed E-state index contributed by atoms with van der Waals surface area (Å²) in [7, 11) is 0. The maximum absolute atomic E-state index is 10.8. The smallest absolute Gasteiger partial charge is 0.308 e. The molecule has 2 aromatic carbocycles. The Labute approximate surface area is 136 Å². The van der Waals surface area contributed by atoms with Crippen molar-refractivity contribution < 1.29 is 19.4 Å². The van der Waals surface area contributed by atoms with Crippen molar-refractivity contribution in [1.29, 1.82) is 0 Å². The molecular weight excluding hydrogens is 316 g/mol. The minimum atomic E-state index is -0.682. The van der Waals surface area contributed by atoms with E-state index in [0.29, 0.717) is 11.3 Å². The van der Waals surface area contributed by atoms with Crippen LogP contribution in [-0.2, 0) is 4.79 Å². The summed E-state index contributed by atoms with van der Waals surface area (Å²) < 4.78 is 4.90. The fourth-order valence-electron chi connectivity index (χ4n) is 1.93. The van der Waals surface area contributed by atoms with Gasteiger partial charge in [0.05, 0.1) is 15.9 Å². The minimum Gasteiger partial charge on any atom is -0.427 e. The molecule has 0 aliphatic carbocycles. The Morgan fingerprint density at radius 2 is 1.42 bits per heavy atom. The summed E-state index contributed by atoms with van der Waals surface area (Å²) in [5, 5.41) is 21.7. The van der Waals surface area contributed by atoms with Gasteiger partial charge >= 0.3 is 5.97 Å². The van der Waals surface area contributed by atoms with Crippen LogP contribution in [0.3, 0.4) is 0 Å². The van der Waals surface area contributed by atoms with Gasteiger partial charge in [-0.2, -0.15) is 0 Å². The van der Waals surface area contributed by atoms with Crippen molar-refractivity contribution >= 4 is 29.5 Å². The standard InChI is InChI=1S/C16H12N2O6/c1-11(19)24-16-6-4-12(5-7-16)2-3-13-8-14(17(20)21)10-15(9-13)18(22)23/h2-10H,1H3. The Kier molecular flexibility index (Phi) is 5.00. The van der Waals surface area contributed by atoms with Gasteiger partial charge in [0.15, 0.2) is 0 Å². The number of carbonyl (C=O) groups excluding carboxylic acids is 1. The molecule has 0 saturated heterocycles. The molecule has 0 aliphatic heterocycles. The molecule has 24 heavy (non-hydrogen) atoms. The molecule has 2 aromatic rings. The Morgan fingerprint density at radius 3 is 1.88 bits per heavy atom. The van der Waals surface area contributed by atoms with E-state index in [1.807, 2.05) is 0 Å². The van der Waals surface area contributed by atoms with Gasteiger partial charge in [0.1, 0.15) is 5.75 Å². The van der Waals surface area contributed by atoms with E-state index in [0.717, 1.165) is 11.6 Å². The van der Waals surface area contributed by atoms with Crippen LogP contribution >= 0.6 is 0 Å². The Bertz CT molecular complexity index is 795. The first-order valence-electron chi connectivity index (χ1n) is 6.75. The van der Waals surface area contributed by atoms with Gasteiger partial charge in [-0.05, 0) is 23.3 Å². The number of nitro groups is 2. The number of nitrogens with zero attached hydrogens (tertiary/aromatic N) is 2. The molecule has 8 nitrogen and oxygen atoms in total. The molecule has 0 heterocycles. The first kappa shape index (κ1) is 16.8. The maximum atomic E-state index is 10.8. The molecule has 0 spiro atoms. The fourth-order valence-corrected chi connectivity index (χ4v) is 1.93. The van der Waals surface area contributed by atoms with E-state index >= 15 is 0 Å². The van der Waals surface area contributed by atoms with Gasteiger partial charge in [-0.15, -0.1) is 0 Å². The summed E-state index contributed by atoms with van der Waals surface area (Å²) in [5.41, 5.74) is 0.364. The van der Waals surface area contributed by atoms with Crippen LogP contribution in [-0.4, -0.2) is 15.8 Å². The summed E-state index contributed by atoms with van der Waals surface area (Å²) in [5.74, 6) is -0.0344. The monoisotopic (exact) mass is 328 g/mol. The number of esters is 1. The third kappa shape index (κ3) is 4.47. The van der Waals surface area contributed by atoms with E-state index in [-0.39, 0.29) is 11.4 Å². The Balaban J connectivity index is 2.26. The Hall–Kier alpha value is -3.55. The molecule has 2 rings (SSSR count). The second kappa shape index (κ2) is 7.14. The molecule has 0 aliphatic rings. The van der Waals surface area contributed by atoms with Crippen molar-refractivity contribution in [3.05, 3.63) is 73.8 Å². The van der Waals surface area contributed by atoms with Crippen molar-refractivity contribution in [2.75, 3.05) is 0 Å². The average molecular weight is 328 g/mol. The molecule has 0 atom stereocenters. The largest absolute Gasteiger partial charge is 0.427 e. The number of nitro benzene ring substituents is 2. The SMILES string of the molecule is CC(=O)Oc1ccc(C=Cc2cc([N+](=O)[O-])cc([N+](=O)[O-])c2)cc1. The van der Waals surface area contributed by atoms with Crippen LogP contribution in [0.2, 0.25) is 0 Å². The molecule has 0 N–H and O–H groups in total. The second-order valence-corrected chi connectivity index (χ2v) is 4.79. The van der Waals surface area contributed by atoms with E-state index < -0.39 is 15.8 Å².